The van der Waals surface area contributed by atoms with Crippen molar-refractivity contribution in [1.29, 1.82) is 0 Å². The number of piperidine rings is 1. The van der Waals surface area contributed by atoms with Crippen LogP contribution in [0.5, 0.6) is 0 Å². The van der Waals surface area contributed by atoms with E-state index < -0.39 is 52.9 Å². The normalized spacial score (nSPS) is 23.0. The predicted octanol–water partition coefficient (Wildman–Crippen LogP) is 2.51. The van der Waals surface area contributed by atoms with E-state index in [0.29, 0.717) is 0 Å². The largest absolute Gasteiger partial charge is 0.349 e. The van der Waals surface area contributed by atoms with Crippen molar-refractivity contribution in [3.63, 3.8) is 0 Å². The molecule has 2 heterocycles. The Kier molecular flexibility index (Phi) is 4.48. The van der Waals surface area contributed by atoms with Gasteiger partial charge in [0.1, 0.15) is 6.02 Å². The lowest BCUT2D eigenvalue weighted by Gasteiger charge is -2.29. The van der Waals surface area contributed by atoms with Gasteiger partial charge >= 0.3 is 5.92 Å². The van der Waals surface area contributed by atoms with Crippen molar-refractivity contribution in [2.45, 2.75) is 37.8 Å². The maximum absolute atomic E-state index is 14.8. The maximum atomic E-state index is 14.8. The van der Waals surface area contributed by atoms with E-state index >= 15 is 0 Å². The summed E-state index contributed by atoms with van der Waals surface area (Å²) >= 11 is 5.68. The van der Waals surface area contributed by atoms with Gasteiger partial charge in [-0.05, 0) is 35.7 Å². The standard InChI is InChI=1S/C22H18ClF2N3O4/c23-15-4-2-14(3-5-15)22(24,25)21(32)26-10-12-1-6-16-13(9-12)11-28(20(16)31)17-7-8-18(29)27-19(17)30/h1-6,9,17H,7-8,10-11H2,(H,26,32)(H,27,29,30)/i10D2,17D/hD. The number of carbonyl (C=O) groups is 4. The van der Waals surface area contributed by atoms with Gasteiger partial charge in [-0.3, -0.25) is 24.5 Å². The molecule has 7 nitrogen and oxygen atoms in total. The van der Waals surface area contributed by atoms with Crippen LogP contribution in [0.2, 0.25) is 6.43 Å². The zero-order valence-corrected chi connectivity index (χ0v) is 17.1. The fraction of sp³-hybridized carbons (Fsp3) is 0.273. The minimum Gasteiger partial charge on any atom is -0.346 e. The van der Waals surface area contributed by atoms with Crippen LogP contribution >= 0.6 is 11.6 Å². The molecule has 2 aromatic carbocycles. The number of amides is 4. The Morgan fingerprint density at radius 2 is 2.00 bits per heavy atom. The lowest BCUT2D eigenvalue weighted by atomic mass is 10.0. The molecule has 4 rings (SSSR count). The molecule has 1 atom stereocenters. The highest BCUT2D eigenvalue weighted by Crippen LogP contribution is 2.30. The van der Waals surface area contributed by atoms with E-state index in [9.17, 15) is 28.0 Å². The van der Waals surface area contributed by atoms with E-state index in [-0.39, 0.29) is 41.1 Å². The molecule has 4 amide bonds. The predicted molar refractivity (Wildman–Crippen MR) is 110 cm³/mol. The number of hydrogen-bond acceptors (Lipinski definition) is 4. The summed E-state index contributed by atoms with van der Waals surface area (Å²) in [5.74, 6) is -8.60. The van der Waals surface area contributed by atoms with Crippen molar-refractivity contribution >= 4 is 35.2 Å². The molecule has 166 valence electrons. The summed E-state index contributed by atoms with van der Waals surface area (Å²) in [5.41, 5.74) is -0.929. The molecule has 10 heteroatoms. The SMILES string of the molecule is [2H]N(C(=O)C(F)(F)c1ccc(Cl)cc1)C([2H])([2H])c1ccc2c(c1)CN(C1([2H])CCC(=O)NC1=O)C2=O. The molecule has 32 heavy (non-hydrogen) atoms. The van der Waals surface area contributed by atoms with Crippen molar-refractivity contribution in [3.8, 4) is 0 Å². The molecule has 0 saturated carbocycles. The van der Waals surface area contributed by atoms with Crippen LogP contribution in [0.25, 0.3) is 0 Å². The lowest BCUT2D eigenvalue weighted by Crippen LogP contribution is -2.52. The number of halogens is 3. The van der Waals surface area contributed by atoms with Gasteiger partial charge in [0, 0.05) is 35.6 Å². The molecule has 0 spiro atoms. The molecular formula is C22H18ClF2N3O4. The summed E-state index contributed by atoms with van der Waals surface area (Å²) in [5, 5.41) is 1.70. The summed E-state index contributed by atoms with van der Waals surface area (Å²) in [7, 11) is 0. The van der Waals surface area contributed by atoms with E-state index in [4.69, 9.17) is 17.1 Å². The Balaban J connectivity index is 1.60. The molecule has 1 fully saturated rings. The number of hydrogen-bond donors (Lipinski definition) is 2. The van der Waals surface area contributed by atoms with E-state index in [1.54, 1.807) is 0 Å². The number of fused-ring (bicyclic) bond motifs is 1. The first-order valence-corrected chi connectivity index (χ1v) is 9.84. The van der Waals surface area contributed by atoms with Gasteiger partial charge in [0.05, 0.1) is 4.11 Å². The molecule has 1 unspecified atom stereocenters. The monoisotopic (exact) mass is 465 g/mol. The number of rotatable bonds is 5. The molecule has 1 saturated heterocycles. The summed E-state index contributed by atoms with van der Waals surface area (Å²) in [6.07, 6.45) is -0.388. The summed E-state index contributed by atoms with van der Waals surface area (Å²) < 4.78 is 62.3. The summed E-state index contributed by atoms with van der Waals surface area (Å²) in [6.45, 7) is -3.33. The Hall–Kier alpha value is -3.33. The molecule has 0 radical (unpaired) electrons. The zero-order valence-electron chi connectivity index (χ0n) is 20.3. The van der Waals surface area contributed by atoms with Crippen LogP contribution in [-0.4, -0.2) is 34.5 Å². The first-order chi connectivity index (χ1) is 16.7. The topological polar surface area (TPSA) is 95.6 Å². The van der Waals surface area contributed by atoms with Crippen LogP contribution in [0.15, 0.2) is 42.5 Å². The number of benzene rings is 2. The second kappa shape index (κ2) is 8.31. The lowest BCUT2D eigenvalue weighted by molar-refractivity contribution is -0.147. The van der Waals surface area contributed by atoms with E-state index in [2.05, 4.69) is 0 Å². The van der Waals surface area contributed by atoms with Gasteiger partial charge in [-0.15, -0.1) is 0 Å². The van der Waals surface area contributed by atoms with Crippen LogP contribution in [0, 0.1) is 0 Å². The molecule has 0 bridgehead atoms. The Morgan fingerprint density at radius 3 is 2.69 bits per heavy atom. The van der Waals surface area contributed by atoms with Crippen molar-refractivity contribution < 1.29 is 33.5 Å². The molecule has 2 aliphatic heterocycles. The average Bonchev–Trinajstić information content (AvgIpc) is 3.17. The van der Waals surface area contributed by atoms with Gasteiger partial charge in [-0.2, -0.15) is 8.78 Å². The third kappa shape index (κ3) is 4.08. The number of nitrogens with zero attached hydrogens (tertiary/aromatic N) is 1. The number of alkyl halides is 2. The van der Waals surface area contributed by atoms with Crippen LogP contribution in [-0.2, 0) is 33.3 Å². The molecule has 2 aliphatic rings. The Labute approximate surface area is 192 Å². The number of carbonyl (C=O) groups excluding carboxylic acids is 4. The van der Waals surface area contributed by atoms with Gasteiger partial charge < -0.3 is 10.2 Å². The molecule has 0 aromatic heterocycles. The van der Waals surface area contributed by atoms with E-state index in [0.717, 1.165) is 41.3 Å². The highest BCUT2D eigenvalue weighted by atomic mass is 35.5. The molecule has 2 aromatic rings. The first-order valence-electron chi connectivity index (χ1n) is 11.4. The van der Waals surface area contributed by atoms with Crippen molar-refractivity contribution in [2.75, 3.05) is 0 Å². The zero-order chi connectivity index (χ0) is 26.6. The van der Waals surface area contributed by atoms with E-state index in [1.165, 1.54) is 6.07 Å². The average molecular weight is 466 g/mol. The summed E-state index contributed by atoms with van der Waals surface area (Å²) in [6, 6.07) is 5.35. The van der Waals surface area contributed by atoms with Gasteiger partial charge in [0.25, 0.3) is 11.8 Å². The van der Waals surface area contributed by atoms with Gasteiger partial charge in [-0.1, -0.05) is 35.9 Å². The Morgan fingerprint density at radius 1 is 1.28 bits per heavy atom. The van der Waals surface area contributed by atoms with Gasteiger partial charge in [0.2, 0.25) is 11.8 Å². The van der Waals surface area contributed by atoms with Crippen LogP contribution in [0.1, 0.15) is 44.0 Å². The first kappa shape index (κ1) is 17.3. The third-order valence-corrected chi connectivity index (χ3v) is 5.35. The second-order valence-corrected chi connectivity index (χ2v) is 7.63. The summed E-state index contributed by atoms with van der Waals surface area (Å²) in [4.78, 5) is 50.0. The van der Waals surface area contributed by atoms with Gasteiger partial charge in [-0.25, -0.2) is 0 Å². The molecule has 0 aliphatic carbocycles. The number of nitrogens with one attached hydrogen (secondary N) is 2. The third-order valence-electron chi connectivity index (χ3n) is 5.10. The second-order valence-electron chi connectivity index (χ2n) is 7.20. The van der Waals surface area contributed by atoms with Crippen LogP contribution in [0.4, 0.5) is 8.78 Å². The van der Waals surface area contributed by atoms with Crippen molar-refractivity contribution in [3.05, 3.63) is 69.7 Å². The van der Waals surface area contributed by atoms with Crippen LogP contribution in [0.3, 0.4) is 0 Å². The highest BCUT2D eigenvalue weighted by Gasteiger charge is 2.41. The van der Waals surface area contributed by atoms with Gasteiger partial charge in [0.15, 0.2) is 1.41 Å². The highest BCUT2D eigenvalue weighted by molar-refractivity contribution is 6.30. The quantitative estimate of drug-likeness (QED) is 0.663. The maximum Gasteiger partial charge on any atom is 0.349 e. The minimum atomic E-state index is -4.23. The fourth-order valence-electron chi connectivity index (χ4n) is 3.44. The number of imide groups is 1. The van der Waals surface area contributed by atoms with E-state index in [1.807, 2.05) is 5.32 Å². The fourth-order valence-corrected chi connectivity index (χ4v) is 3.57. The minimum absolute atomic E-state index is 0.0419. The van der Waals surface area contributed by atoms with Crippen molar-refractivity contribution in [2.24, 2.45) is 0 Å². The Bertz CT molecular complexity index is 1290. The molecular weight excluding hydrogens is 444 g/mol. The molecule has 2 N–H and O–H groups in total. The smallest absolute Gasteiger partial charge is 0.346 e. The van der Waals surface area contributed by atoms with Crippen LogP contribution < -0.4 is 10.6 Å². The van der Waals surface area contributed by atoms with Crippen molar-refractivity contribution in [1.82, 2.24) is 15.5 Å².